The van der Waals surface area contributed by atoms with Crippen LogP contribution in [0.1, 0.15) is 16.7 Å². The van der Waals surface area contributed by atoms with Crippen molar-refractivity contribution in [1.82, 2.24) is 0 Å². The summed E-state index contributed by atoms with van der Waals surface area (Å²) < 4.78 is 10.6. The second-order valence-electron chi connectivity index (χ2n) is 4.84. The van der Waals surface area contributed by atoms with Crippen molar-refractivity contribution >= 4 is 5.69 Å². The molecular formula is C17H21NO2. The lowest BCUT2D eigenvalue weighted by Crippen LogP contribution is -2.02. The molecule has 0 atom stereocenters. The van der Waals surface area contributed by atoms with Crippen LogP contribution in [0.4, 0.5) is 5.69 Å². The van der Waals surface area contributed by atoms with Gasteiger partial charge in [-0.2, -0.15) is 0 Å². The summed E-state index contributed by atoms with van der Waals surface area (Å²) in [6.07, 6.45) is 0. The molecule has 2 rings (SSSR count). The summed E-state index contributed by atoms with van der Waals surface area (Å²) in [4.78, 5) is 0. The lowest BCUT2D eigenvalue weighted by Gasteiger charge is -2.13. The van der Waals surface area contributed by atoms with Crippen molar-refractivity contribution in [3.63, 3.8) is 0 Å². The minimum Gasteiger partial charge on any atom is -0.497 e. The largest absolute Gasteiger partial charge is 0.497 e. The van der Waals surface area contributed by atoms with Crippen molar-refractivity contribution in [1.29, 1.82) is 0 Å². The van der Waals surface area contributed by atoms with Gasteiger partial charge >= 0.3 is 0 Å². The van der Waals surface area contributed by atoms with Crippen LogP contribution in [0.15, 0.2) is 36.4 Å². The summed E-state index contributed by atoms with van der Waals surface area (Å²) in [5.74, 6) is 1.63. The normalized spacial score (nSPS) is 10.2. The third-order valence-electron chi connectivity index (χ3n) is 3.46. The summed E-state index contributed by atoms with van der Waals surface area (Å²) in [7, 11) is 3.33. The minimum atomic E-state index is 0.755. The average Bonchev–Trinajstić information content (AvgIpc) is 2.48. The van der Waals surface area contributed by atoms with Crippen molar-refractivity contribution in [3.8, 4) is 11.5 Å². The third-order valence-corrected chi connectivity index (χ3v) is 3.46. The van der Waals surface area contributed by atoms with Crippen LogP contribution < -0.4 is 14.8 Å². The van der Waals surface area contributed by atoms with Gasteiger partial charge in [-0.15, -0.1) is 0 Å². The van der Waals surface area contributed by atoms with E-state index in [1.807, 2.05) is 18.2 Å². The zero-order valence-electron chi connectivity index (χ0n) is 12.5. The fourth-order valence-electron chi connectivity index (χ4n) is 2.06. The molecule has 3 heteroatoms. The molecule has 106 valence electrons. The van der Waals surface area contributed by atoms with Gasteiger partial charge in [0.15, 0.2) is 0 Å². The number of anilines is 1. The molecule has 0 bridgehead atoms. The first-order valence-electron chi connectivity index (χ1n) is 6.66. The number of ether oxygens (including phenoxy) is 2. The Morgan fingerprint density at radius 2 is 1.70 bits per heavy atom. The van der Waals surface area contributed by atoms with Gasteiger partial charge in [0, 0.05) is 12.6 Å². The number of hydrogen-bond acceptors (Lipinski definition) is 3. The Kier molecular flexibility index (Phi) is 4.51. The van der Waals surface area contributed by atoms with Gasteiger partial charge < -0.3 is 14.8 Å². The van der Waals surface area contributed by atoms with Crippen LogP contribution in [0.3, 0.4) is 0 Å². The summed E-state index contributed by atoms with van der Waals surface area (Å²) in [5, 5.41) is 3.40. The zero-order valence-corrected chi connectivity index (χ0v) is 12.5. The van der Waals surface area contributed by atoms with Crippen molar-refractivity contribution in [2.24, 2.45) is 0 Å². The van der Waals surface area contributed by atoms with Crippen LogP contribution in [0, 0.1) is 13.8 Å². The fraction of sp³-hybridized carbons (Fsp3) is 0.294. The maximum absolute atomic E-state index is 5.36. The highest BCUT2D eigenvalue weighted by Gasteiger charge is 2.05. The maximum atomic E-state index is 5.36. The molecule has 3 nitrogen and oxygen atoms in total. The van der Waals surface area contributed by atoms with Crippen LogP contribution in [0.2, 0.25) is 0 Å². The smallest absolute Gasteiger partial charge is 0.142 e. The first-order valence-corrected chi connectivity index (χ1v) is 6.66. The number of benzene rings is 2. The molecule has 0 aromatic heterocycles. The van der Waals surface area contributed by atoms with E-state index in [1.165, 1.54) is 16.7 Å². The van der Waals surface area contributed by atoms with Crippen molar-refractivity contribution in [3.05, 3.63) is 53.1 Å². The van der Waals surface area contributed by atoms with E-state index in [4.69, 9.17) is 9.47 Å². The summed E-state index contributed by atoms with van der Waals surface area (Å²) >= 11 is 0. The summed E-state index contributed by atoms with van der Waals surface area (Å²) in [6, 6.07) is 12.2. The monoisotopic (exact) mass is 271 g/mol. The predicted molar refractivity (Wildman–Crippen MR) is 82.8 cm³/mol. The Balaban J connectivity index is 2.15. The van der Waals surface area contributed by atoms with Gasteiger partial charge in [0.2, 0.25) is 0 Å². The molecule has 0 aliphatic rings. The van der Waals surface area contributed by atoms with E-state index in [1.54, 1.807) is 14.2 Å². The van der Waals surface area contributed by atoms with Crippen molar-refractivity contribution < 1.29 is 9.47 Å². The van der Waals surface area contributed by atoms with Gasteiger partial charge in [0.05, 0.1) is 19.9 Å². The molecule has 0 saturated carbocycles. The van der Waals surface area contributed by atoms with E-state index in [-0.39, 0.29) is 0 Å². The van der Waals surface area contributed by atoms with Gasteiger partial charge in [-0.3, -0.25) is 0 Å². The number of nitrogens with one attached hydrogen (secondary N) is 1. The molecule has 0 spiro atoms. The molecule has 0 aliphatic carbocycles. The number of aryl methyl sites for hydroxylation is 2. The Bertz CT molecular complexity index is 594. The number of methoxy groups -OCH3 is 2. The van der Waals surface area contributed by atoms with Crippen molar-refractivity contribution in [2.75, 3.05) is 19.5 Å². The van der Waals surface area contributed by atoms with Gasteiger partial charge in [0.1, 0.15) is 11.5 Å². The van der Waals surface area contributed by atoms with E-state index in [0.717, 1.165) is 23.7 Å². The molecule has 0 unspecified atom stereocenters. The Morgan fingerprint density at radius 3 is 2.35 bits per heavy atom. The highest BCUT2D eigenvalue weighted by Crippen LogP contribution is 2.29. The van der Waals surface area contributed by atoms with Gasteiger partial charge in [-0.1, -0.05) is 18.2 Å². The van der Waals surface area contributed by atoms with E-state index >= 15 is 0 Å². The number of hydrogen-bond donors (Lipinski definition) is 1. The molecule has 2 aromatic carbocycles. The minimum absolute atomic E-state index is 0.755. The molecule has 2 aromatic rings. The highest BCUT2D eigenvalue weighted by atomic mass is 16.5. The average molecular weight is 271 g/mol. The molecule has 0 heterocycles. The van der Waals surface area contributed by atoms with Crippen LogP contribution >= 0.6 is 0 Å². The summed E-state index contributed by atoms with van der Waals surface area (Å²) in [6.45, 7) is 5.01. The number of rotatable bonds is 5. The Labute approximate surface area is 120 Å². The van der Waals surface area contributed by atoms with Gasteiger partial charge in [0.25, 0.3) is 0 Å². The van der Waals surface area contributed by atoms with E-state index < -0.39 is 0 Å². The topological polar surface area (TPSA) is 30.5 Å². The molecular weight excluding hydrogens is 250 g/mol. The van der Waals surface area contributed by atoms with Gasteiger partial charge in [-0.25, -0.2) is 0 Å². The van der Waals surface area contributed by atoms with E-state index in [0.29, 0.717) is 0 Å². The molecule has 0 fully saturated rings. The Morgan fingerprint density at radius 1 is 0.900 bits per heavy atom. The molecule has 0 amide bonds. The fourth-order valence-corrected chi connectivity index (χ4v) is 2.06. The second kappa shape index (κ2) is 6.33. The third kappa shape index (κ3) is 3.23. The standard InChI is InChI=1S/C17H21NO2/c1-12-5-6-14(9-13(12)2)11-18-16-10-15(19-3)7-8-17(16)20-4/h5-10,18H,11H2,1-4H3. The predicted octanol–water partition coefficient (Wildman–Crippen LogP) is 3.93. The van der Waals surface area contributed by atoms with E-state index in [2.05, 4.69) is 37.4 Å². The molecule has 0 saturated heterocycles. The van der Waals surface area contributed by atoms with Crippen LogP contribution in [-0.4, -0.2) is 14.2 Å². The molecule has 20 heavy (non-hydrogen) atoms. The van der Waals surface area contributed by atoms with Crippen molar-refractivity contribution in [2.45, 2.75) is 20.4 Å². The Hall–Kier alpha value is -2.16. The first-order chi connectivity index (χ1) is 9.63. The lowest BCUT2D eigenvalue weighted by molar-refractivity contribution is 0.404. The molecule has 1 N–H and O–H groups in total. The quantitative estimate of drug-likeness (QED) is 0.893. The first kappa shape index (κ1) is 14.3. The maximum Gasteiger partial charge on any atom is 0.142 e. The molecule has 0 aliphatic heterocycles. The van der Waals surface area contributed by atoms with Crippen LogP contribution in [0.25, 0.3) is 0 Å². The lowest BCUT2D eigenvalue weighted by atomic mass is 10.1. The zero-order chi connectivity index (χ0) is 14.5. The van der Waals surface area contributed by atoms with Gasteiger partial charge in [-0.05, 0) is 42.7 Å². The SMILES string of the molecule is COc1ccc(OC)c(NCc2ccc(C)c(C)c2)c1. The van der Waals surface area contributed by atoms with E-state index in [9.17, 15) is 0 Å². The highest BCUT2D eigenvalue weighted by molar-refractivity contribution is 5.60. The van der Waals surface area contributed by atoms with Crippen LogP contribution in [-0.2, 0) is 6.54 Å². The summed E-state index contributed by atoms with van der Waals surface area (Å²) in [5.41, 5.74) is 4.80. The van der Waals surface area contributed by atoms with Crippen LogP contribution in [0.5, 0.6) is 11.5 Å². The second-order valence-corrected chi connectivity index (χ2v) is 4.84. The molecule has 0 radical (unpaired) electrons.